The van der Waals surface area contributed by atoms with Crippen LogP contribution in [-0.2, 0) is 0 Å². The molecule has 0 fully saturated rings. The number of aliphatic imine (C=N–C) groups is 1. The van der Waals surface area contributed by atoms with Gasteiger partial charge in [-0.1, -0.05) is 65.8 Å². The molecule has 1 heterocycles. The van der Waals surface area contributed by atoms with Gasteiger partial charge in [-0.15, -0.1) is 0 Å². The third-order valence-electron chi connectivity index (χ3n) is 3.06. The Kier molecular flexibility index (Phi) is 3.81. The molecular formula is C16H13ClN2S. The predicted molar refractivity (Wildman–Crippen MR) is 87.8 cm³/mol. The quantitative estimate of drug-likeness (QED) is 0.888. The number of hydrogen-bond donors (Lipinski definition) is 1. The van der Waals surface area contributed by atoms with Crippen molar-refractivity contribution in [3.05, 3.63) is 76.8 Å². The van der Waals surface area contributed by atoms with Crippen LogP contribution in [0.1, 0.15) is 17.2 Å². The number of amidine groups is 1. The summed E-state index contributed by atoms with van der Waals surface area (Å²) in [7, 11) is 0. The Morgan fingerprint density at radius 2 is 1.70 bits per heavy atom. The second-order valence-corrected chi connectivity index (χ2v) is 5.96. The topological polar surface area (TPSA) is 38.4 Å². The molecule has 0 bridgehead atoms. The van der Waals surface area contributed by atoms with Crippen molar-refractivity contribution in [3.8, 4) is 0 Å². The summed E-state index contributed by atoms with van der Waals surface area (Å²) in [4.78, 5) is 5.63. The molecule has 0 spiro atoms. The summed E-state index contributed by atoms with van der Waals surface area (Å²) < 4.78 is 0. The Labute approximate surface area is 127 Å². The van der Waals surface area contributed by atoms with Crippen LogP contribution in [0.2, 0.25) is 5.02 Å². The van der Waals surface area contributed by atoms with E-state index in [1.807, 2.05) is 42.5 Å². The van der Waals surface area contributed by atoms with E-state index in [4.69, 9.17) is 17.3 Å². The lowest BCUT2D eigenvalue weighted by Crippen LogP contribution is -2.12. The van der Waals surface area contributed by atoms with E-state index in [1.165, 1.54) is 11.8 Å². The number of benzene rings is 2. The monoisotopic (exact) mass is 300 g/mol. The van der Waals surface area contributed by atoms with E-state index in [0.29, 0.717) is 5.17 Å². The number of halogens is 1. The summed E-state index contributed by atoms with van der Waals surface area (Å²) in [6.07, 6.45) is 2.14. The van der Waals surface area contributed by atoms with Gasteiger partial charge in [0, 0.05) is 9.93 Å². The fourth-order valence-corrected chi connectivity index (χ4v) is 3.05. The van der Waals surface area contributed by atoms with E-state index in [2.05, 4.69) is 23.2 Å². The van der Waals surface area contributed by atoms with Gasteiger partial charge in [0.25, 0.3) is 0 Å². The Bertz CT molecular complexity index is 663. The minimum Gasteiger partial charge on any atom is -0.378 e. The fourth-order valence-electron chi connectivity index (χ4n) is 2.08. The van der Waals surface area contributed by atoms with Crippen molar-refractivity contribution in [2.24, 2.45) is 10.7 Å². The summed E-state index contributed by atoms with van der Waals surface area (Å²) in [5.74, 6) is 0. The van der Waals surface area contributed by atoms with E-state index >= 15 is 0 Å². The number of nitrogens with two attached hydrogens (primary N) is 1. The van der Waals surface area contributed by atoms with E-state index in [0.717, 1.165) is 21.1 Å². The highest BCUT2D eigenvalue weighted by atomic mass is 35.5. The molecule has 0 saturated heterocycles. The fraction of sp³-hybridized carbons (Fsp3) is 0.0625. The lowest BCUT2D eigenvalue weighted by Gasteiger charge is -2.18. The van der Waals surface area contributed by atoms with Gasteiger partial charge in [-0.2, -0.15) is 0 Å². The molecule has 1 aliphatic rings. The molecule has 0 aromatic heterocycles. The summed E-state index contributed by atoms with van der Waals surface area (Å²) in [6.45, 7) is 0. The molecule has 0 aliphatic carbocycles. The van der Waals surface area contributed by atoms with Crippen molar-refractivity contribution in [1.29, 1.82) is 0 Å². The van der Waals surface area contributed by atoms with Crippen LogP contribution in [-0.4, -0.2) is 5.17 Å². The maximum absolute atomic E-state index is 5.97. The molecule has 1 atom stereocenters. The molecular weight excluding hydrogens is 288 g/mol. The molecule has 1 unspecified atom stereocenters. The van der Waals surface area contributed by atoms with Gasteiger partial charge in [0.1, 0.15) is 0 Å². The highest BCUT2D eigenvalue weighted by molar-refractivity contribution is 8.21. The second kappa shape index (κ2) is 5.73. The van der Waals surface area contributed by atoms with E-state index in [-0.39, 0.29) is 6.04 Å². The highest BCUT2D eigenvalue weighted by Crippen LogP contribution is 2.36. The van der Waals surface area contributed by atoms with E-state index in [9.17, 15) is 0 Å². The predicted octanol–water partition coefficient (Wildman–Crippen LogP) is 4.48. The van der Waals surface area contributed by atoms with Gasteiger partial charge in [-0.3, -0.25) is 4.99 Å². The van der Waals surface area contributed by atoms with Crippen LogP contribution in [0.3, 0.4) is 0 Å². The average molecular weight is 301 g/mol. The minimum absolute atomic E-state index is 0.0521. The standard InChI is InChI=1S/C16H13ClN2S/c17-13-8-6-11(7-9-13)14-10-15(20-16(18)19-14)12-4-2-1-3-5-12/h1-10,14H,(H2,18,19). The second-order valence-electron chi connectivity index (χ2n) is 4.46. The molecule has 1 aliphatic heterocycles. The van der Waals surface area contributed by atoms with Gasteiger partial charge in [0.05, 0.1) is 6.04 Å². The first kappa shape index (κ1) is 13.3. The Balaban J connectivity index is 1.96. The molecule has 4 heteroatoms. The molecule has 0 radical (unpaired) electrons. The summed E-state index contributed by atoms with van der Waals surface area (Å²) >= 11 is 7.43. The lowest BCUT2D eigenvalue weighted by molar-refractivity contribution is 0.915. The van der Waals surface area contributed by atoms with Crippen molar-refractivity contribution in [1.82, 2.24) is 0 Å². The third kappa shape index (κ3) is 2.89. The van der Waals surface area contributed by atoms with Crippen LogP contribution in [0, 0.1) is 0 Å². The van der Waals surface area contributed by atoms with Crippen LogP contribution < -0.4 is 5.73 Å². The van der Waals surface area contributed by atoms with Crippen LogP contribution in [0.25, 0.3) is 4.91 Å². The summed E-state index contributed by atoms with van der Waals surface area (Å²) in [5, 5.41) is 1.31. The number of nitrogens with zero attached hydrogens (tertiary/aromatic N) is 1. The Morgan fingerprint density at radius 1 is 1.00 bits per heavy atom. The van der Waals surface area contributed by atoms with E-state index < -0.39 is 0 Å². The zero-order valence-electron chi connectivity index (χ0n) is 10.7. The Morgan fingerprint density at radius 3 is 2.40 bits per heavy atom. The first-order valence-electron chi connectivity index (χ1n) is 6.26. The van der Waals surface area contributed by atoms with E-state index in [1.54, 1.807) is 0 Å². The van der Waals surface area contributed by atoms with Gasteiger partial charge in [-0.25, -0.2) is 0 Å². The highest BCUT2D eigenvalue weighted by Gasteiger charge is 2.17. The van der Waals surface area contributed by atoms with Crippen LogP contribution >= 0.6 is 23.4 Å². The van der Waals surface area contributed by atoms with Gasteiger partial charge < -0.3 is 5.73 Å². The van der Waals surface area contributed by atoms with Crippen molar-refractivity contribution < 1.29 is 0 Å². The maximum Gasteiger partial charge on any atom is 0.159 e. The molecule has 2 N–H and O–H groups in total. The molecule has 0 amide bonds. The number of thioether (sulfide) groups is 1. The normalized spacial score (nSPS) is 18.4. The van der Waals surface area contributed by atoms with Crippen LogP contribution in [0.5, 0.6) is 0 Å². The molecule has 0 saturated carbocycles. The Hall–Kier alpha value is -1.71. The SMILES string of the molecule is NC1=NC(c2ccc(Cl)cc2)C=C(c2ccccc2)S1. The smallest absolute Gasteiger partial charge is 0.159 e. The summed E-state index contributed by atoms with van der Waals surface area (Å²) in [5.41, 5.74) is 8.22. The lowest BCUT2D eigenvalue weighted by atomic mass is 10.1. The van der Waals surface area contributed by atoms with Crippen LogP contribution in [0.15, 0.2) is 65.7 Å². The number of rotatable bonds is 2. The van der Waals surface area contributed by atoms with Gasteiger partial charge in [-0.05, 0) is 29.3 Å². The molecule has 2 aromatic carbocycles. The third-order valence-corrected chi connectivity index (χ3v) is 4.22. The molecule has 100 valence electrons. The van der Waals surface area contributed by atoms with Crippen molar-refractivity contribution in [3.63, 3.8) is 0 Å². The molecule has 20 heavy (non-hydrogen) atoms. The van der Waals surface area contributed by atoms with Gasteiger partial charge in [0.15, 0.2) is 5.17 Å². The molecule has 3 rings (SSSR count). The van der Waals surface area contributed by atoms with Crippen molar-refractivity contribution in [2.45, 2.75) is 6.04 Å². The van der Waals surface area contributed by atoms with Gasteiger partial charge >= 0.3 is 0 Å². The first-order valence-corrected chi connectivity index (χ1v) is 7.45. The van der Waals surface area contributed by atoms with Crippen molar-refractivity contribution in [2.75, 3.05) is 0 Å². The minimum atomic E-state index is -0.0521. The molecule has 2 nitrogen and oxygen atoms in total. The maximum atomic E-state index is 5.97. The zero-order valence-corrected chi connectivity index (χ0v) is 12.2. The van der Waals surface area contributed by atoms with Gasteiger partial charge in [0.2, 0.25) is 0 Å². The number of hydrogen-bond acceptors (Lipinski definition) is 3. The van der Waals surface area contributed by atoms with Crippen molar-refractivity contribution >= 4 is 33.4 Å². The zero-order chi connectivity index (χ0) is 13.9. The summed E-state index contributed by atoms with van der Waals surface area (Å²) in [6, 6.07) is 17.9. The first-order chi connectivity index (χ1) is 9.72. The molecule has 2 aromatic rings. The van der Waals surface area contributed by atoms with Crippen LogP contribution in [0.4, 0.5) is 0 Å². The largest absolute Gasteiger partial charge is 0.378 e. The average Bonchev–Trinajstić information content (AvgIpc) is 2.48.